The van der Waals surface area contributed by atoms with E-state index in [0.717, 1.165) is 0 Å². The summed E-state index contributed by atoms with van der Waals surface area (Å²) in [5, 5.41) is -1.01. The van der Waals surface area contributed by atoms with E-state index in [1.807, 2.05) is 0 Å². The number of hydrogen-bond donors (Lipinski definition) is 0. The standard InChI is InChI=1S/C19H26O6S/c1-5-24-18(21)15-11-14(15)16(12-17(20)25-19(2,3)4)26(22,23)13-9-7-6-8-10-13/h6-10,14-16H,5,11-12H2,1-4H3/t14-,15-,16?/m0/s1. The Morgan fingerprint density at radius 1 is 1.19 bits per heavy atom. The molecule has 1 saturated carbocycles. The molecule has 0 heterocycles. The lowest BCUT2D eigenvalue weighted by molar-refractivity contribution is -0.155. The SMILES string of the molecule is CCOC(=O)[C@H]1C[C@@H]1C(CC(=O)OC(C)(C)C)S(=O)(=O)c1ccccc1. The van der Waals surface area contributed by atoms with Crippen LogP contribution in [0.4, 0.5) is 0 Å². The highest BCUT2D eigenvalue weighted by molar-refractivity contribution is 7.92. The molecular formula is C19H26O6S. The molecule has 1 aromatic rings. The first-order valence-corrected chi connectivity index (χ1v) is 10.3. The largest absolute Gasteiger partial charge is 0.466 e. The lowest BCUT2D eigenvalue weighted by atomic mass is 10.1. The molecule has 1 unspecified atom stereocenters. The maximum Gasteiger partial charge on any atom is 0.309 e. The molecule has 0 aliphatic heterocycles. The molecule has 0 N–H and O–H groups in total. The first-order valence-electron chi connectivity index (χ1n) is 8.73. The van der Waals surface area contributed by atoms with Crippen molar-refractivity contribution in [3.05, 3.63) is 30.3 Å². The van der Waals surface area contributed by atoms with Crippen LogP contribution >= 0.6 is 0 Å². The fourth-order valence-corrected chi connectivity index (χ4v) is 4.97. The van der Waals surface area contributed by atoms with E-state index in [4.69, 9.17) is 9.47 Å². The van der Waals surface area contributed by atoms with Crippen LogP contribution in [0.1, 0.15) is 40.5 Å². The zero-order valence-corrected chi connectivity index (χ0v) is 16.4. The minimum atomic E-state index is -3.78. The van der Waals surface area contributed by atoms with Gasteiger partial charge in [0.2, 0.25) is 0 Å². The van der Waals surface area contributed by atoms with Crippen LogP contribution in [0.15, 0.2) is 35.2 Å². The average molecular weight is 382 g/mol. The molecule has 0 spiro atoms. The van der Waals surface area contributed by atoms with Gasteiger partial charge in [-0.1, -0.05) is 18.2 Å². The number of esters is 2. The van der Waals surface area contributed by atoms with Crippen LogP contribution < -0.4 is 0 Å². The summed E-state index contributed by atoms with van der Waals surface area (Å²) < 4.78 is 36.5. The minimum Gasteiger partial charge on any atom is -0.466 e. The van der Waals surface area contributed by atoms with Crippen molar-refractivity contribution < 1.29 is 27.5 Å². The van der Waals surface area contributed by atoms with Crippen molar-refractivity contribution in [3.8, 4) is 0 Å². The molecule has 0 saturated heterocycles. The molecule has 0 radical (unpaired) electrons. The zero-order valence-electron chi connectivity index (χ0n) is 15.6. The number of carbonyl (C=O) groups excluding carboxylic acids is 2. The van der Waals surface area contributed by atoms with Crippen LogP contribution in [0.5, 0.6) is 0 Å². The molecule has 1 aliphatic carbocycles. The van der Waals surface area contributed by atoms with Crippen molar-refractivity contribution in [3.63, 3.8) is 0 Å². The van der Waals surface area contributed by atoms with Crippen molar-refractivity contribution in [2.75, 3.05) is 6.61 Å². The summed E-state index contributed by atoms with van der Waals surface area (Å²) in [5.41, 5.74) is -0.706. The Labute approximate surface area is 154 Å². The Balaban J connectivity index is 2.26. The summed E-state index contributed by atoms with van der Waals surface area (Å²) in [6.07, 6.45) is 0.118. The van der Waals surface area contributed by atoms with Crippen LogP contribution in [0.3, 0.4) is 0 Å². The maximum absolute atomic E-state index is 13.1. The smallest absolute Gasteiger partial charge is 0.309 e. The van der Waals surface area contributed by atoms with Gasteiger partial charge in [0.25, 0.3) is 0 Å². The van der Waals surface area contributed by atoms with Crippen LogP contribution in [-0.2, 0) is 28.9 Å². The van der Waals surface area contributed by atoms with E-state index in [1.54, 1.807) is 45.9 Å². The highest BCUT2D eigenvalue weighted by atomic mass is 32.2. The predicted molar refractivity (Wildman–Crippen MR) is 96.1 cm³/mol. The van der Waals surface area contributed by atoms with E-state index in [-0.39, 0.29) is 17.9 Å². The molecule has 1 aliphatic rings. The third kappa shape index (κ3) is 5.06. The van der Waals surface area contributed by atoms with Crippen molar-refractivity contribution in [1.29, 1.82) is 0 Å². The topological polar surface area (TPSA) is 86.7 Å². The normalized spacial score (nSPS) is 20.9. The number of rotatable bonds is 7. The van der Waals surface area contributed by atoms with Crippen LogP contribution in [-0.4, -0.2) is 37.8 Å². The summed E-state index contributed by atoms with van der Waals surface area (Å²) in [4.78, 5) is 24.4. The van der Waals surface area contributed by atoms with Gasteiger partial charge in [0, 0.05) is 0 Å². The summed E-state index contributed by atoms with van der Waals surface area (Å²) in [6, 6.07) is 7.99. The molecular weight excluding hydrogens is 356 g/mol. The molecule has 0 bridgehead atoms. The maximum atomic E-state index is 13.1. The molecule has 3 atom stereocenters. The number of ether oxygens (including phenoxy) is 2. The summed E-state index contributed by atoms with van der Waals surface area (Å²) >= 11 is 0. The first-order chi connectivity index (χ1) is 12.1. The van der Waals surface area contributed by atoms with E-state index < -0.39 is 44.5 Å². The van der Waals surface area contributed by atoms with E-state index >= 15 is 0 Å². The van der Waals surface area contributed by atoms with Gasteiger partial charge in [-0.05, 0) is 52.2 Å². The molecule has 144 valence electrons. The summed E-state index contributed by atoms with van der Waals surface area (Å²) in [7, 11) is -3.78. The van der Waals surface area contributed by atoms with Crippen LogP contribution in [0.2, 0.25) is 0 Å². The third-order valence-corrected chi connectivity index (χ3v) is 6.41. The van der Waals surface area contributed by atoms with Crippen molar-refractivity contribution >= 4 is 21.8 Å². The van der Waals surface area contributed by atoms with E-state index in [1.165, 1.54) is 12.1 Å². The Hall–Kier alpha value is -1.89. The predicted octanol–water partition coefficient (Wildman–Crippen LogP) is 2.76. The van der Waals surface area contributed by atoms with Gasteiger partial charge in [-0.25, -0.2) is 8.42 Å². The second-order valence-corrected chi connectivity index (χ2v) is 9.61. The second-order valence-electron chi connectivity index (χ2n) is 7.45. The zero-order chi connectivity index (χ0) is 19.5. The van der Waals surface area contributed by atoms with Crippen molar-refractivity contribution in [2.24, 2.45) is 11.8 Å². The highest BCUT2D eigenvalue weighted by Gasteiger charge is 2.54. The Kier molecular flexibility index (Phi) is 6.11. The Bertz CT molecular complexity index is 748. The molecule has 1 aromatic carbocycles. The van der Waals surface area contributed by atoms with E-state index in [9.17, 15) is 18.0 Å². The monoisotopic (exact) mass is 382 g/mol. The molecule has 0 amide bonds. The van der Waals surface area contributed by atoms with Gasteiger partial charge >= 0.3 is 11.9 Å². The van der Waals surface area contributed by atoms with Gasteiger partial charge in [0.1, 0.15) is 5.60 Å². The van der Waals surface area contributed by atoms with Gasteiger partial charge in [-0.15, -0.1) is 0 Å². The lowest BCUT2D eigenvalue weighted by Crippen LogP contribution is -2.32. The van der Waals surface area contributed by atoms with E-state index in [0.29, 0.717) is 6.42 Å². The molecule has 6 nitrogen and oxygen atoms in total. The van der Waals surface area contributed by atoms with E-state index in [2.05, 4.69) is 0 Å². The first kappa shape index (κ1) is 20.4. The fourth-order valence-electron chi connectivity index (χ4n) is 2.97. The highest BCUT2D eigenvalue weighted by Crippen LogP contribution is 2.47. The van der Waals surface area contributed by atoms with Gasteiger partial charge in [-0.2, -0.15) is 0 Å². The number of carbonyl (C=O) groups is 2. The lowest BCUT2D eigenvalue weighted by Gasteiger charge is -2.22. The van der Waals surface area contributed by atoms with Gasteiger partial charge in [-0.3, -0.25) is 9.59 Å². The van der Waals surface area contributed by atoms with Crippen LogP contribution in [0, 0.1) is 11.8 Å². The Morgan fingerprint density at radius 3 is 2.35 bits per heavy atom. The molecule has 0 aromatic heterocycles. The molecule has 26 heavy (non-hydrogen) atoms. The third-order valence-electron chi connectivity index (χ3n) is 4.16. The number of sulfone groups is 1. The summed E-state index contributed by atoms with van der Waals surface area (Å²) in [5.74, 6) is -1.92. The van der Waals surface area contributed by atoms with Gasteiger partial charge in [0.05, 0.1) is 29.1 Å². The number of hydrogen-bond acceptors (Lipinski definition) is 6. The fraction of sp³-hybridized carbons (Fsp3) is 0.579. The Morgan fingerprint density at radius 2 is 1.81 bits per heavy atom. The summed E-state index contributed by atoms with van der Waals surface area (Å²) in [6.45, 7) is 7.12. The van der Waals surface area contributed by atoms with Gasteiger partial charge in [0.15, 0.2) is 9.84 Å². The second kappa shape index (κ2) is 7.78. The van der Waals surface area contributed by atoms with Crippen molar-refractivity contribution in [2.45, 2.75) is 56.3 Å². The number of benzene rings is 1. The minimum absolute atomic E-state index is 0.142. The van der Waals surface area contributed by atoms with Gasteiger partial charge < -0.3 is 9.47 Å². The van der Waals surface area contributed by atoms with Crippen LogP contribution in [0.25, 0.3) is 0 Å². The average Bonchev–Trinajstić information content (AvgIpc) is 3.32. The molecule has 7 heteroatoms. The van der Waals surface area contributed by atoms with Crippen molar-refractivity contribution in [1.82, 2.24) is 0 Å². The molecule has 1 fully saturated rings. The molecule has 2 rings (SSSR count). The quantitative estimate of drug-likeness (QED) is 0.674.